The molecule has 0 N–H and O–H groups in total. The highest BCUT2D eigenvalue weighted by molar-refractivity contribution is 7.98. The molecule has 2 aromatic heterocycles. The zero-order chi connectivity index (χ0) is 20.1. The van der Waals surface area contributed by atoms with Gasteiger partial charge in [0.15, 0.2) is 11.0 Å². The second-order valence-electron chi connectivity index (χ2n) is 6.33. The molecule has 0 amide bonds. The lowest BCUT2D eigenvalue weighted by Crippen LogP contribution is -2.04. The van der Waals surface area contributed by atoms with E-state index < -0.39 is 4.92 Å². The highest BCUT2D eigenvalue weighted by Crippen LogP contribution is 2.27. The van der Waals surface area contributed by atoms with Crippen molar-refractivity contribution < 1.29 is 4.92 Å². The van der Waals surface area contributed by atoms with Gasteiger partial charge in [0, 0.05) is 35.8 Å². The zero-order valence-corrected chi connectivity index (χ0v) is 16.2. The van der Waals surface area contributed by atoms with E-state index >= 15 is 0 Å². The molecular weight excluding hydrogens is 386 g/mol. The van der Waals surface area contributed by atoms with Gasteiger partial charge in [-0.05, 0) is 23.3 Å². The zero-order valence-electron chi connectivity index (χ0n) is 15.4. The topological polar surface area (TPSA) is 86.7 Å². The standard InChI is InChI=1S/C21H17N5O2S/c27-26(28)19-8-6-17(7-9-19)15-29-21-24-23-20(18-10-12-22-13-11-18)25(21)14-16-4-2-1-3-5-16/h1-13H,14-15H2. The molecule has 0 atom stereocenters. The van der Waals surface area contributed by atoms with E-state index in [-0.39, 0.29) is 5.69 Å². The van der Waals surface area contributed by atoms with Crippen LogP contribution in [0.5, 0.6) is 0 Å². The molecule has 0 bridgehead atoms. The Kier molecular flexibility index (Phi) is 5.62. The van der Waals surface area contributed by atoms with E-state index in [4.69, 9.17) is 0 Å². The van der Waals surface area contributed by atoms with Crippen molar-refractivity contribution >= 4 is 17.4 Å². The Morgan fingerprint density at radius 1 is 0.897 bits per heavy atom. The first kappa shape index (κ1) is 18.8. The van der Waals surface area contributed by atoms with Gasteiger partial charge in [-0.1, -0.05) is 54.2 Å². The summed E-state index contributed by atoms with van der Waals surface area (Å²) in [6.45, 7) is 0.647. The molecule has 0 fully saturated rings. The summed E-state index contributed by atoms with van der Waals surface area (Å²) in [5, 5.41) is 20.4. The minimum atomic E-state index is -0.394. The van der Waals surface area contributed by atoms with Crippen LogP contribution in [0.2, 0.25) is 0 Å². The van der Waals surface area contributed by atoms with Crippen LogP contribution >= 0.6 is 11.8 Å². The van der Waals surface area contributed by atoms with Crippen LogP contribution in [0, 0.1) is 10.1 Å². The molecule has 0 aliphatic rings. The highest BCUT2D eigenvalue weighted by Gasteiger charge is 2.15. The van der Waals surface area contributed by atoms with Crippen molar-refractivity contribution in [2.75, 3.05) is 0 Å². The minimum absolute atomic E-state index is 0.0889. The summed E-state index contributed by atoms with van der Waals surface area (Å²) >= 11 is 1.55. The fourth-order valence-electron chi connectivity index (χ4n) is 2.88. The van der Waals surface area contributed by atoms with Gasteiger partial charge in [0.1, 0.15) is 0 Å². The van der Waals surface area contributed by atoms with E-state index in [1.807, 2.05) is 30.3 Å². The first-order valence-corrected chi connectivity index (χ1v) is 9.93. The molecule has 2 heterocycles. The Hall–Kier alpha value is -3.52. The quantitative estimate of drug-likeness (QED) is 0.255. The second-order valence-corrected chi connectivity index (χ2v) is 7.27. The van der Waals surface area contributed by atoms with E-state index in [0.29, 0.717) is 12.3 Å². The van der Waals surface area contributed by atoms with Crippen LogP contribution in [-0.4, -0.2) is 24.7 Å². The maximum Gasteiger partial charge on any atom is 0.269 e. The minimum Gasteiger partial charge on any atom is -0.298 e. The Labute approximate surface area is 171 Å². The number of thioether (sulfide) groups is 1. The molecule has 8 heteroatoms. The predicted molar refractivity (Wildman–Crippen MR) is 111 cm³/mol. The summed E-state index contributed by atoms with van der Waals surface area (Å²) in [7, 11) is 0. The summed E-state index contributed by atoms with van der Waals surface area (Å²) < 4.78 is 2.08. The van der Waals surface area contributed by atoms with Crippen LogP contribution in [0.4, 0.5) is 5.69 Å². The summed E-state index contributed by atoms with van der Waals surface area (Å²) in [5.74, 6) is 1.42. The summed E-state index contributed by atoms with van der Waals surface area (Å²) in [5.41, 5.74) is 3.18. The largest absolute Gasteiger partial charge is 0.298 e. The van der Waals surface area contributed by atoms with Crippen molar-refractivity contribution in [3.8, 4) is 11.4 Å². The third-order valence-electron chi connectivity index (χ3n) is 4.35. The number of nitrogens with zero attached hydrogens (tertiary/aromatic N) is 5. The number of hydrogen-bond acceptors (Lipinski definition) is 6. The fourth-order valence-corrected chi connectivity index (χ4v) is 3.77. The van der Waals surface area contributed by atoms with E-state index in [2.05, 4.69) is 31.9 Å². The van der Waals surface area contributed by atoms with Crippen LogP contribution in [0.1, 0.15) is 11.1 Å². The highest BCUT2D eigenvalue weighted by atomic mass is 32.2. The summed E-state index contributed by atoms with van der Waals surface area (Å²) in [6.07, 6.45) is 3.47. The van der Waals surface area contributed by atoms with Crippen LogP contribution in [0.25, 0.3) is 11.4 Å². The molecule has 0 aliphatic heterocycles. The molecule has 0 aliphatic carbocycles. The number of nitro groups is 1. The molecular formula is C21H17N5O2S. The van der Waals surface area contributed by atoms with Gasteiger partial charge >= 0.3 is 0 Å². The van der Waals surface area contributed by atoms with Crippen molar-refractivity contribution in [1.82, 2.24) is 19.7 Å². The van der Waals surface area contributed by atoms with Crippen LogP contribution < -0.4 is 0 Å². The smallest absolute Gasteiger partial charge is 0.269 e. The monoisotopic (exact) mass is 403 g/mol. The van der Waals surface area contributed by atoms with Crippen molar-refractivity contribution in [2.45, 2.75) is 17.5 Å². The lowest BCUT2D eigenvalue weighted by atomic mass is 10.2. The number of pyridine rings is 1. The first-order valence-electron chi connectivity index (χ1n) is 8.94. The van der Waals surface area contributed by atoms with Gasteiger partial charge in [0.2, 0.25) is 0 Å². The molecule has 0 saturated carbocycles. The average Bonchev–Trinajstić information content (AvgIpc) is 3.16. The molecule has 7 nitrogen and oxygen atoms in total. The van der Waals surface area contributed by atoms with Gasteiger partial charge in [0.25, 0.3) is 5.69 Å². The Bertz CT molecular complexity index is 1100. The molecule has 4 aromatic rings. The number of nitro benzene ring substituents is 1. The normalized spacial score (nSPS) is 10.8. The SMILES string of the molecule is O=[N+]([O-])c1ccc(CSc2nnc(-c3ccncc3)n2Cc2ccccc2)cc1. The third kappa shape index (κ3) is 4.49. The van der Waals surface area contributed by atoms with Gasteiger partial charge in [-0.2, -0.15) is 0 Å². The van der Waals surface area contributed by atoms with E-state index in [1.165, 1.54) is 12.1 Å². The van der Waals surface area contributed by atoms with Crippen molar-refractivity contribution in [3.05, 3.63) is 100 Å². The van der Waals surface area contributed by atoms with Gasteiger partial charge in [-0.15, -0.1) is 10.2 Å². The molecule has 0 radical (unpaired) electrons. The molecule has 2 aromatic carbocycles. The van der Waals surface area contributed by atoms with Gasteiger partial charge in [-0.25, -0.2) is 0 Å². The van der Waals surface area contributed by atoms with E-state index in [9.17, 15) is 10.1 Å². The van der Waals surface area contributed by atoms with Gasteiger partial charge in [0.05, 0.1) is 11.5 Å². The van der Waals surface area contributed by atoms with Crippen LogP contribution in [0.3, 0.4) is 0 Å². The average molecular weight is 403 g/mol. The Morgan fingerprint density at radius 2 is 1.62 bits per heavy atom. The van der Waals surface area contributed by atoms with E-state index in [1.54, 1.807) is 36.3 Å². The maximum absolute atomic E-state index is 10.8. The number of benzene rings is 2. The van der Waals surface area contributed by atoms with Crippen molar-refractivity contribution in [1.29, 1.82) is 0 Å². The lowest BCUT2D eigenvalue weighted by Gasteiger charge is -2.10. The molecule has 0 saturated heterocycles. The molecule has 144 valence electrons. The van der Waals surface area contributed by atoms with Crippen LogP contribution in [-0.2, 0) is 12.3 Å². The van der Waals surface area contributed by atoms with Crippen molar-refractivity contribution in [2.24, 2.45) is 0 Å². The van der Waals surface area contributed by atoms with E-state index in [0.717, 1.165) is 27.7 Å². The number of hydrogen-bond donors (Lipinski definition) is 0. The second kappa shape index (κ2) is 8.66. The number of rotatable bonds is 7. The fraction of sp³-hybridized carbons (Fsp3) is 0.0952. The number of aromatic nitrogens is 4. The first-order chi connectivity index (χ1) is 14.2. The van der Waals surface area contributed by atoms with Gasteiger partial charge in [-0.3, -0.25) is 19.7 Å². The molecule has 0 spiro atoms. The molecule has 0 unspecified atom stereocenters. The lowest BCUT2D eigenvalue weighted by molar-refractivity contribution is -0.384. The third-order valence-corrected chi connectivity index (χ3v) is 5.39. The van der Waals surface area contributed by atoms with Crippen LogP contribution in [0.15, 0.2) is 84.3 Å². The molecule has 29 heavy (non-hydrogen) atoms. The predicted octanol–water partition coefficient (Wildman–Crippen LogP) is 4.59. The Morgan fingerprint density at radius 3 is 2.31 bits per heavy atom. The Balaban J connectivity index is 1.60. The van der Waals surface area contributed by atoms with Crippen molar-refractivity contribution in [3.63, 3.8) is 0 Å². The molecule has 4 rings (SSSR count). The summed E-state index contributed by atoms with van der Waals surface area (Å²) in [6, 6.07) is 20.6. The van der Waals surface area contributed by atoms with Gasteiger partial charge < -0.3 is 0 Å². The maximum atomic E-state index is 10.8. The summed E-state index contributed by atoms with van der Waals surface area (Å²) in [4.78, 5) is 14.5. The number of non-ortho nitro benzene ring substituents is 1.